The van der Waals surface area contributed by atoms with Gasteiger partial charge in [0, 0.05) is 19.9 Å². The fraction of sp³-hybridized carbons (Fsp3) is 0.400. The zero-order valence-electron chi connectivity index (χ0n) is 8.18. The van der Waals surface area contributed by atoms with Crippen molar-refractivity contribution in [2.45, 2.75) is 12.8 Å². The third-order valence-corrected chi connectivity index (χ3v) is 2.16. The molecule has 0 spiro atoms. The van der Waals surface area contributed by atoms with E-state index in [9.17, 15) is 0 Å². The average molecular weight is 191 g/mol. The lowest BCUT2D eigenvalue weighted by Crippen LogP contribution is -1.93. The third kappa shape index (κ3) is 1.75. The lowest BCUT2D eigenvalue weighted by atomic mass is 10.2. The maximum atomic E-state index is 5.00. The molecule has 0 aliphatic heterocycles. The van der Waals surface area contributed by atoms with Gasteiger partial charge in [-0.2, -0.15) is 0 Å². The van der Waals surface area contributed by atoms with Crippen LogP contribution in [0.2, 0.25) is 0 Å². The first-order valence-electron chi connectivity index (χ1n) is 4.69. The summed E-state index contributed by atoms with van der Waals surface area (Å²) in [4.78, 5) is 0. The Hall–Kier alpha value is -1.42. The van der Waals surface area contributed by atoms with Crippen LogP contribution in [0.4, 0.5) is 0 Å². The third-order valence-electron chi connectivity index (χ3n) is 2.16. The van der Waals surface area contributed by atoms with Crippen LogP contribution in [0.3, 0.4) is 0 Å². The first-order valence-corrected chi connectivity index (χ1v) is 4.69. The summed E-state index contributed by atoms with van der Waals surface area (Å²) >= 11 is 0. The van der Waals surface area contributed by atoms with Crippen molar-refractivity contribution in [2.24, 2.45) is 0 Å². The lowest BCUT2D eigenvalue weighted by molar-refractivity contribution is 0.195. The molecule has 14 heavy (non-hydrogen) atoms. The summed E-state index contributed by atoms with van der Waals surface area (Å²) in [5, 5.41) is 8.15. The van der Waals surface area contributed by atoms with Crippen LogP contribution < -0.4 is 0 Å². The van der Waals surface area contributed by atoms with E-state index in [4.69, 9.17) is 4.74 Å². The molecule has 0 fully saturated rings. The summed E-state index contributed by atoms with van der Waals surface area (Å²) in [5.41, 5.74) is 2.13. The van der Waals surface area contributed by atoms with Gasteiger partial charge in [-0.1, -0.05) is 11.3 Å². The molecule has 0 bridgehead atoms. The summed E-state index contributed by atoms with van der Waals surface area (Å²) in [7, 11) is 1.71. The zero-order valence-corrected chi connectivity index (χ0v) is 8.18. The minimum atomic E-state index is 0.770. The number of rotatable bonds is 4. The molecule has 0 unspecified atom stereocenters. The Morgan fingerprint density at radius 1 is 1.43 bits per heavy atom. The van der Waals surface area contributed by atoms with Crippen LogP contribution in [-0.4, -0.2) is 28.5 Å². The fourth-order valence-corrected chi connectivity index (χ4v) is 1.46. The average Bonchev–Trinajstić information content (AvgIpc) is 2.63. The molecule has 0 atom stereocenters. The van der Waals surface area contributed by atoms with Crippen molar-refractivity contribution in [3.63, 3.8) is 0 Å². The first kappa shape index (κ1) is 9.15. The molecule has 0 radical (unpaired) electrons. The Morgan fingerprint density at radius 2 is 2.36 bits per heavy atom. The molecular formula is C10H13N3O. The molecule has 0 N–H and O–H groups in total. The largest absolute Gasteiger partial charge is 0.385 e. The molecule has 4 nitrogen and oxygen atoms in total. The summed E-state index contributed by atoms with van der Waals surface area (Å²) in [6.07, 6.45) is 3.81. The minimum Gasteiger partial charge on any atom is -0.385 e. The van der Waals surface area contributed by atoms with E-state index in [0.717, 1.165) is 30.7 Å². The minimum absolute atomic E-state index is 0.770. The molecule has 0 amide bonds. The van der Waals surface area contributed by atoms with E-state index in [0.29, 0.717) is 0 Å². The van der Waals surface area contributed by atoms with Gasteiger partial charge in [-0.3, -0.25) is 0 Å². The quantitative estimate of drug-likeness (QED) is 0.684. The van der Waals surface area contributed by atoms with Crippen molar-refractivity contribution in [1.82, 2.24) is 14.8 Å². The van der Waals surface area contributed by atoms with Gasteiger partial charge in [0.05, 0.1) is 11.2 Å². The van der Waals surface area contributed by atoms with Crippen molar-refractivity contribution < 1.29 is 4.74 Å². The van der Waals surface area contributed by atoms with Crippen molar-refractivity contribution in [3.8, 4) is 0 Å². The summed E-state index contributed by atoms with van der Waals surface area (Å²) in [6, 6.07) is 5.97. The van der Waals surface area contributed by atoms with Crippen molar-refractivity contribution in [3.05, 3.63) is 30.1 Å². The van der Waals surface area contributed by atoms with Gasteiger partial charge in [-0.05, 0) is 25.0 Å². The van der Waals surface area contributed by atoms with E-state index in [1.807, 2.05) is 24.4 Å². The first-order chi connectivity index (χ1) is 6.92. The van der Waals surface area contributed by atoms with E-state index in [-0.39, 0.29) is 0 Å². The molecule has 2 heterocycles. The van der Waals surface area contributed by atoms with Gasteiger partial charge in [0.2, 0.25) is 0 Å². The summed E-state index contributed by atoms with van der Waals surface area (Å²) in [6.45, 7) is 0.770. The lowest BCUT2D eigenvalue weighted by Gasteiger charge is -1.96. The van der Waals surface area contributed by atoms with Gasteiger partial charge >= 0.3 is 0 Å². The number of aryl methyl sites for hydroxylation is 1. The highest BCUT2D eigenvalue weighted by Gasteiger charge is 2.03. The standard InChI is InChI=1S/C10H13N3O/c1-14-8-4-5-9-10-6-2-3-7-13(10)12-11-9/h2-3,6-7H,4-5,8H2,1H3. The Morgan fingerprint density at radius 3 is 3.21 bits per heavy atom. The van der Waals surface area contributed by atoms with Gasteiger partial charge in [-0.15, -0.1) is 5.10 Å². The van der Waals surface area contributed by atoms with Crippen molar-refractivity contribution >= 4 is 5.52 Å². The molecule has 2 rings (SSSR count). The maximum Gasteiger partial charge on any atom is 0.0906 e. The highest BCUT2D eigenvalue weighted by molar-refractivity contribution is 5.50. The number of hydrogen-bond acceptors (Lipinski definition) is 3. The predicted octanol–water partition coefficient (Wildman–Crippen LogP) is 1.31. The zero-order chi connectivity index (χ0) is 9.80. The van der Waals surface area contributed by atoms with E-state index in [1.54, 1.807) is 11.6 Å². The van der Waals surface area contributed by atoms with Crippen molar-refractivity contribution in [2.75, 3.05) is 13.7 Å². The molecule has 74 valence electrons. The molecule has 2 aromatic heterocycles. The number of aromatic nitrogens is 3. The van der Waals surface area contributed by atoms with Gasteiger partial charge in [0.15, 0.2) is 0 Å². The number of nitrogens with zero attached hydrogens (tertiary/aromatic N) is 3. The van der Waals surface area contributed by atoms with E-state index in [2.05, 4.69) is 10.3 Å². The SMILES string of the molecule is COCCCc1nnn2ccccc12. The van der Waals surface area contributed by atoms with Gasteiger partial charge in [-0.25, -0.2) is 4.52 Å². The van der Waals surface area contributed by atoms with E-state index < -0.39 is 0 Å². The fourth-order valence-electron chi connectivity index (χ4n) is 1.46. The monoisotopic (exact) mass is 191 g/mol. The Labute approximate surface area is 82.5 Å². The molecule has 0 saturated heterocycles. The van der Waals surface area contributed by atoms with Crippen LogP contribution in [0, 0.1) is 0 Å². The number of methoxy groups -OCH3 is 1. The van der Waals surface area contributed by atoms with Crippen LogP contribution >= 0.6 is 0 Å². The summed E-state index contributed by atoms with van der Waals surface area (Å²) in [5.74, 6) is 0. The maximum absolute atomic E-state index is 5.00. The number of pyridine rings is 1. The second-order valence-electron chi connectivity index (χ2n) is 3.16. The number of ether oxygens (including phenoxy) is 1. The van der Waals surface area contributed by atoms with E-state index >= 15 is 0 Å². The van der Waals surface area contributed by atoms with Crippen LogP contribution in [-0.2, 0) is 11.2 Å². The Balaban J connectivity index is 2.17. The topological polar surface area (TPSA) is 39.4 Å². The molecule has 2 aromatic rings. The van der Waals surface area contributed by atoms with Crippen molar-refractivity contribution in [1.29, 1.82) is 0 Å². The van der Waals surface area contributed by atoms with Crippen LogP contribution in [0.15, 0.2) is 24.4 Å². The molecule has 0 aromatic carbocycles. The molecule has 0 saturated carbocycles. The normalized spacial score (nSPS) is 10.9. The Kier molecular flexibility index (Phi) is 2.74. The van der Waals surface area contributed by atoms with Gasteiger partial charge < -0.3 is 4.74 Å². The number of hydrogen-bond donors (Lipinski definition) is 0. The molecule has 4 heteroatoms. The highest BCUT2D eigenvalue weighted by Crippen LogP contribution is 2.08. The second-order valence-corrected chi connectivity index (χ2v) is 3.16. The molecular weight excluding hydrogens is 178 g/mol. The van der Waals surface area contributed by atoms with Crippen LogP contribution in [0.25, 0.3) is 5.52 Å². The van der Waals surface area contributed by atoms with Gasteiger partial charge in [0.25, 0.3) is 0 Å². The molecule has 0 aliphatic rings. The van der Waals surface area contributed by atoms with Crippen LogP contribution in [0.5, 0.6) is 0 Å². The predicted molar refractivity (Wildman–Crippen MR) is 53.2 cm³/mol. The highest BCUT2D eigenvalue weighted by atomic mass is 16.5. The molecule has 0 aliphatic carbocycles. The summed E-state index contributed by atoms with van der Waals surface area (Å²) < 4.78 is 6.79. The van der Waals surface area contributed by atoms with E-state index in [1.165, 1.54) is 0 Å². The van der Waals surface area contributed by atoms with Crippen LogP contribution in [0.1, 0.15) is 12.1 Å². The Bertz CT molecular complexity index is 410. The number of fused-ring (bicyclic) bond motifs is 1. The smallest absolute Gasteiger partial charge is 0.0906 e. The second kappa shape index (κ2) is 4.19. The van der Waals surface area contributed by atoms with Gasteiger partial charge in [0.1, 0.15) is 0 Å².